The molecule has 2 aromatic rings. The summed E-state index contributed by atoms with van der Waals surface area (Å²) in [5, 5.41) is 5.24. The van der Waals surface area contributed by atoms with E-state index in [9.17, 15) is 0 Å². The van der Waals surface area contributed by atoms with Gasteiger partial charge in [-0.1, -0.05) is 0 Å². The van der Waals surface area contributed by atoms with E-state index in [0.717, 1.165) is 13.2 Å². The van der Waals surface area contributed by atoms with E-state index in [1.807, 2.05) is 0 Å². The zero-order valence-corrected chi connectivity index (χ0v) is 24.3. The third-order valence-electron chi connectivity index (χ3n) is 3.55. The van der Waals surface area contributed by atoms with Crippen molar-refractivity contribution in [1.29, 1.82) is 0 Å². The summed E-state index contributed by atoms with van der Waals surface area (Å²) in [5.41, 5.74) is 0. The van der Waals surface area contributed by atoms with Crippen molar-refractivity contribution in [1.82, 2.24) is 0 Å². The van der Waals surface area contributed by atoms with Crippen molar-refractivity contribution < 1.29 is 9.05 Å². The van der Waals surface area contributed by atoms with Crippen LogP contribution in [0, 0.1) is 0 Å². The molecule has 0 amide bonds. The molecular formula is C19H26O2P2Se4. The maximum absolute atomic E-state index is 6.24. The molecule has 8 heteroatoms. The van der Waals surface area contributed by atoms with E-state index in [1.54, 1.807) is 0 Å². The van der Waals surface area contributed by atoms with Gasteiger partial charge < -0.3 is 0 Å². The Morgan fingerprint density at radius 1 is 0.704 bits per heavy atom. The topological polar surface area (TPSA) is 18.5 Å². The van der Waals surface area contributed by atoms with E-state index in [2.05, 4.69) is 105 Å². The van der Waals surface area contributed by atoms with Crippen LogP contribution < -0.4 is 10.6 Å². The molecule has 2 unspecified atom stereocenters. The first kappa shape index (κ1) is 24.6. The molecular weight excluding hydrogens is 638 g/mol. The Hall–Kier alpha value is 1.30. The number of benzene rings is 2. The number of rotatable bonds is 12. The van der Waals surface area contributed by atoms with E-state index in [4.69, 9.17) is 9.05 Å². The van der Waals surface area contributed by atoms with Gasteiger partial charge in [0.2, 0.25) is 0 Å². The Bertz CT molecular complexity index is 706. The zero-order chi connectivity index (χ0) is 19.6. The first-order valence-corrected chi connectivity index (χ1v) is 23.6. The monoisotopic (exact) mass is 668 g/mol. The molecule has 0 aromatic heterocycles. The number of hydrogen-bond acceptors (Lipinski definition) is 2. The van der Waals surface area contributed by atoms with E-state index < -0.39 is 8.85 Å². The van der Waals surface area contributed by atoms with Crippen LogP contribution in [0.4, 0.5) is 0 Å². The van der Waals surface area contributed by atoms with Crippen molar-refractivity contribution in [3.63, 3.8) is 0 Å². The molecule has 2 nitrogen and oxygen atoms in total. The Morgan fingerprint density at radius 2 is 1.07 bits per heavy atom. The molecule has 0 aliphatic heterocycles. The molecule has 148 valence electrons. The van der Waals surface area contributed by atoms with Gasteiger partial charge in [-0.15, -0.1) is 0 Å². The molecule has 27 heavy (non-hydrogen) atoms. The van der Waals surface area contributed by atoms with Gasteiger partial charge in [0.05, 0.1) is 0 Å². The SMILES string of the molecule is CCOP(=[Se])([Se]CCC[Se]P(=[Se])(OCC)c1ccccc1)c1ccccc1. The standard InChI is InChI=1S/C19H26O2P2Se4/c1-3-20-22(24,18-12-7-5-8-13-18)26-16-11-17-27-23(25,21-4-2)19-14-9-6-10-15-19/h5-10,12-15H,3-4,11,16-17H2,1-2H3. The molecule has 0 saturated heterocycles. The first-order chi connectivity index (χ1) is 13.0. The van der Waals surface area contributed by atoms with E-state index in [1.165, 1.54) is 27.7 Å². The molecule has 0 aliphatic carbocycles. The minimum absolute atomic E-state index is 0.470. The minimum atomic E-state index is -1.56. The second-order valence-electron chi connectivity index (χ2n) is 5.52. The average Bonchev–Trinajstić information content (AvgIpc) is 2.69. The van der Waals surface area contributed by atoms with Crippen molar-refractivity contribution in [3.05, 3.63) is 60.7 Å². The summed E-state index contributed by atoms with van der Waals surface area (Å²) in [6.45, 7) is 5.75. The molecule has 2 atom stereocenters. The fraction of sp³-hybridized carbons (Fsp3) is 0.368. The Balaban J connectivity index is 1.91. The molecule has 0 spiro atoms. The molecule has 0 heterocycles. The third-order valence-corrected chi connectivity index (χ3v) is 30.3. The van der Waals surface area contributed by atoms with Crippen LogP contribution in [0.15, 0.2) is 60.7 Å². The summed E-state index contributed by atoms with van der Waals surface area (Å²) in [5.74, 6) is 0. The summed E-state index contributed by atoms with van der Waals surface area (Å²) in [6.07, 6.45) is 1.26. The molecule has 0 N–H and O–H groups in total. The van der Waals surface area contributed by atoms with Crippen molar-refractivity contribution in [3.8, 4) is 0 Å². The zero-order valence-electron chi connectivity index (χ0n) is 15.7. The van der Waals surface area contributed by atoms with Crippen molar-refractivity contribution in [2.75, 3.05) is 13.2 Å². The molecule has 0 saturated carbocycles. The summed E-state index contributed by atoms with van der Waals surface area (Å²) < 4.78 is 9.35. The van der Waals surface area contributed by atoms with Crippen LogP contribution >= 0.6 is 8.85 Å². The molecule has 0 aliphatic rings. The predicted octanol–water partition coefficient (Wildman–Crippen LogP) is 4.21. The summed E-state index contributed by atoms with van der Waals surface area (Å²) in [6, 6.07) is 21.5. The Kier molecular flexibility index (Phi) is 11.7. The van der Waals surface area contributed by atoms with Gasteiger partial charge in [0, 0.05) is 0 Å². The van der Waals surface area contributed by atoms with Crippen LogP contribution in [0.2, 0.25) is 10.6 Å². The van der Waals surface area contributed by atoms with Gasteiger partial charge in [-0.2, -0.15) is 0 Å². The van der Waals surface area contributed by atoms with Crippen molar-refractivity contribution in [2.45, 2.75) is 30.9 Å². The van der Waals surface area contributed by atoms with Crippen LogP contribution in [0.25, 0.3) is 0 Å². The summed E-state index contributed by atoms with van der Waals surface area (Å²) in [4.78, 5) is 0. The molecule has 0 bridgehead atoms. The molecule has 2 aromatic carbocycles. The fourth-order valence-corrected chi connectivity index (χ4v) is 25.2. The average molecular weight is 664 g/mol. The second-order valence-corrected chi connectivity index (χ2v) is 34.5. The van der Waals surface area contributed by atoms with E-state index in [-0.39, 0.29) is 0 Å². The maximum atomic E-state index is 6.24. The summed E-state index contributed by atoms with van der Waals surface area (Å²) in [7, 11) is 0. The Morgan fingerprint density at radius 3 is 1.41 bits per heavy atom. The third kappa shape index (κ3) is 7.81. The van der Waals surface area contributed by atoms with Crippen LogP contribution in [0.3, 0.4) is 0 Å². The van der Waals surface area contributed by atoms with Gasteiger partial charge in [-0.25, -0.2) is 0 Å². The second kappa shape index (κ2) is 12.9. The van der Waals surface area contributed by atoms with Crippen LogP contribution in [-0.2, 0) is 9.05 Å². The molecule has 2 rings (SSSR count). The summed E-state index contributed by atoms with van der Waals surface area (Å²) >= 11 is 7.86. The fourth-order valence-electron chi connectivity index (χ4n) is 2.36. The Labute approximate surface area is 191 Å². The van der Waals surface area contributed by atoms with Crippen molar-refractivity contribution >= 4 is 78.7 Å². The van der Waals surface area contributed by atoms with Gasteiger partial charge in [0.25, 0.3) is 0 Å². The van der Waals surface area contributed by atoms with E-state index >= 15 is 0 Å². The van der Waals surface area contributed by atoms with Gasteiger partial charge >= 0.3 is 193 Å². The first-order valence-electron chi connectivity index (χ1n) is 8.93. The van der Waals surface area contributed by atoms with Gasteiger partial charge in [0.1, 0.15) is 0 Å². The molecule has 0 radical (unpaired) electrons. The molecule has 0 fully saturated rings. The van der Waals surface area contributed by atoms with Crippen LogP contribution in [0.5, 0.6) is 0 Å². The van der Waals surface area contributed by atoms with Crippen LogP contribution in [-0.4, -0.2) is 72.4 Å². The van der Waals surface area contributed by atoms with E-state index in [0.29, 0.717) is 29.0 Å². The number of hydrogen-bond donors (Lipinski definition) is 0. The normalized spacial score (nSPS) is 15.8. The van der Waals surface area contributed by atoms with Crippen molar-refractivity contribution in [2.24, 2.45) is 0 Å². The van der Waals surface area contributed by atoms with Gasteiger partial charge in [-0.05, 0) is 0 Å². The van der Waals surface area contributed by atoms with Crippen LogP contribution in [0.1, 0.15) is 20.3 Å². The van der Waals surface area contributed by atoms with Gasteiger partial charge in [-0.3, -0.25) is 0 Å². The van der Waals surface area contributed by atoms with Gasteiger partial charge in [0.15, 0.2) is 0 Å². The predicted molar refractivity (Wildman–Crippen MR) is 126 cm³/mol. The quantitative estimate of drug-likeness (QED) is 0.193.